The SMILES string of the molecule is Cc1cc(C)c([N+](=O)[O-])cc1NS(=O)(=O)CC(=O)O. The molecule has 0 radical (unpaired) electrons. The summed E-state index contributed by atoms with van der Waals surface area (Å²) in [6, 6.07) is 2.53. The summed E-state index contributed by atoms with van der Waals surface area (Å²) < 4.78 is 25.0. The van der Waals surface area contributed by atoms with E-state index in [0.29, 0.717) is 11.1 Å². The van der Waals surface area contributed by atoms with Gasteiger partial charge in [0, 0.05) is 11.6 Å². The van der Waals surface area contributed by atoms with E-state index in [1.807, 2.05) is 4.72 Å². The lowest BCUT2D eigenvalue weighted by Gasteiger charge is -2.10. The molecule has 104 valence electrons. The first kappa shape index (κ1) is 14.9. The van der Waals surface area contributed by atoms with Crippen molar-refractivity contribution in [1.82, 2.24) is 0 Å². The number of hydrogen-bond donors (Lipinski definition) is 2. The number of aliphatic carboxylic acids is 1. The highest BCUT2D eigenvalue weighted by Crippen LogP contribution is 2.26. The lowest BCUT2D eigenvalue weighted by atomic mass is 10.1. The minimum atomic E-state index is -4.08. The quantitative estimate of drug-likeness (QED) is 0.615. The number of aryl methyl sites for hydroxylation is 2. The highest BCUT2D eigenvalue weighted by molar-refractivity contribution is 7.93. The highest BCUT2D eigenvalue weighted by atomic mass is 32.2. The summed E-state index contributed by atoms with van der Waals surface area (Å²) >= 11 is 0. The number of carboxylic acids is 1. The van der Waals surface area contributed by atoms with Crippen LogP contribution >= 0.6 is 0 Å². The number of nitro benzene ring substituents is 1. The molecule has 0 bridgehead atoms. The van der Waals surface area contributed by atoms with Crippen LogP contribution in [0.4, 0.5) is 11.4 Å². The Balaban J connectivity index is 3.18. The lowest BCUT2D eigenvalue weighted by molar-refractivity contribution is -0.385. The van der Waals surface area contributed by atoms with Gasteiger partial charge in [0.15, 0.2) is 5.75 Å². The lowest BCUT2D eigenvalue weighted by Crippen LogP contribution is -2.22. The van der Waals surface area contributed by atoms with Crippen LogP contribution in [0.15, 0.2) is 12.1 Å². The van der Waals surface area contributed by atoms with Gasteiger partial charge in [0.1, 0.15) is 0 Å². The molecule has 1 aromatic carbocycles. The minimum Gasteiger partial charge on any atom is -0.480 e. The molecule has 0 aliphatic heterocycles. The Kier molecular flexibility index (Phi) is 4.10. The Morgan fingerprint density at radius 2 is 1.95 bits per heavy atom. The second-order valence-corrected chi connectivity index (χ2v) is 5.69. The molecule has 2 N–H and O–H groups in total. The maximum atomic E-state index is 11.5. The van der Waals surface area contributed by atoms with Crippen molar-refractivity contribution in [2.24, 2.45) is 0 Å². The molecule has 0 spiro atoms. The van der Waals surface area contributed by atoms with Gasteiger partial charge in [-0.1, -0.05) is 0 Å². The maximum absolute atomic E-state index is 11.5. The van der Waals surface area contributed by atoms with Crippen LogP contribution in [-0.2, 0) is 14.8 Å². The number of nitrogens with zero attached hydrogens (tertiary/aromatic N) is 1. The normalized spacial score (nSPS) is 11.1. The summed E-state index contributed by atoms with van der Waals surface area (Å²) in [4.78, 5) is 20.5. The number of benzene rings is 1. The largest absolute Gasteiger partial charge is 0.480 e. The van der Waals surface area contributed by atoms with Gasteiger partial charge in [-0.05, 0) is 25.5 Å². The van der Waals surface area contributed by atoms with E-state index in [4.69, 9.17) is 5.11 Å². The van der Waals surface area contributed by atoms with E-state index in [1.54, 1.807) is 6.92 Å². The fourth-order valence-electron chi connectivity index (χ4n) is 1.51. The molecule has 8 nitrogen and oxygen atoms in total. The third kappa shape index (κ3) is 3.91. The number of carbonyl (C=O) groups is 1. The molecule has 19 heavy (non-hydrogen) atoms. The van der Waals surface area contributed by atoms with Crippen molar-refractivity contribution in [2.75, 3.05) is 10.5 Å². The van der Waals surface area contributed by atoms with E-state index in [1.165, 1.54) is 13.0 Å². The molecule has 1 rings (SSSR count). The number of rotatable bonds is 5. The van der Waals surface area contributed by atoms with Crippen LogP contribution in [0.2, 0.25) is 0 Å². The summed E-state index contributed by atoms with van der Waals surface area (Å²) in [5.41, 5.74) is 0.623. The van der Waals surface area contributed by atoms with Crippen LogP contribution < -0.4 is 4.72 Å². The van der Waals surface area contributed by atoms with E-state index < -0.39 is 26.7 Å². The highest BCUT2D eigenvalue weighted by Gasteiger charge is 2.19. The number of nitro groups is 1. The van der Waals surface area contributed by atoms with Gasteiger partial charge in [-0.3, -0.25) is 19.6 Å². The molecule has 0 saturated heterocycles. The molecule has 0 saturated carbocycles. The van der Waals surface area contributed by atoms with E-state index in [0.717, 1.165) is 6.07 Å². The summed E-state index contributed by atoms with van der Waals surface area (Å²) in [7, 11) is -4.08. The van der Waals surface area contributed by atoms with Crippen LogP contribution in [0.1, 0.15) is 11.1 Å². The number of carboxylic acid groups (broad SMARTS) is 1. The zero-order valence-electron chi connectivity index (χ0n) is 10.2. The Morgan fingerprint density at radius 3 is 2.42 bits per heavy atom. The van der Waals surface area contributed by atoms with Gasteiger partial charge in [-0.15, -0.1) is 0 Å². The zero-order valence-corrected chi connectivity index (χ0v) is 11.0. The first-order valence-corrected chi connectivity index (χ1v) is 6.75. The number of nitrogens with one attached hydrogen (secondary N) is 1. The molecule has 0 atom stereocenters. The number of sulfonamides is 1. The summed E-state index contributed by atoms with van der Waals surface area (Å²) in [6.07, 6.45) is 0. The van der Waals surface area contributed by atoms with Gasteiger partial charge in [-0.25, -0.2) is 8.42 Å². The molecule has 0 heterocycles. The van der Waals surface area contributed by atoms with Crippen molar-refractivity contribution in [3.8, 4) is 0 Å². The van der Waals surface area contributed by atoms with Gasteiger partial charge in [0.2, 0.25) is 10.0 Å². The summed E-state index contributed by atoms with van der Waals surface area (Å²) in [6.45, 7) is 3.09. The van der Waals surface area contributed by atoms with Crippen molar-refractivity contribution < 1.29 is 23.2 Å². The van der Waals surface area contributed by atoms with Gasteiger partial charge in [-0.2, -0.15) is 0 Å². The number of hydrogen-bond acceptors (Lipinski definition) is 5. The standard InChI is InChI=1S/C10H12N2O6S/c1-6-3-7(2)9(12(15)16)4-8(6)11-19(17,18)5-10(13)14/h3-4,11H,5H2,1-2H3,(H,13,14). The van der Waals surface area contributed by atoms with E-state index in [-0.39, 0.29) is 11.4 Å². The Hall–Kier alpha value is -2.16. The molecular weight excluding hydrogens is 276 g/mol. The van der Waals surface area contributed by atoms with Gasteiger partial charge in [0.25, 0.3) is 5.69 Å². The van der Waals surface area contributed by atoms with Crippen molar-refractivity contribution in [1.29, 1.82) is 0 Å². The average molecular weight is 288 g/mol. The second kappa shape index (κ2) is 5.22. The van der Waals surface area contributed by atoms with Gasteiger partial charge < -0.3 is 5.11 Å². The van der Waals surface area contributed by atoms with Crippen molar-refractivity contribution in [3.05, 3.63) is 33.4 Å². The van der Waals surface area contributed by atoms with Crippen molar-refractivity contribution in [3.63, 3.8) is 0 Å². The molecule has 0 aliphatic carbocycles. The van der Waals surface area contributed by atoms with Crippen molar-refractivity contribution >= 4 is 27.4 Å². The van der Waals surface area contributed by atoms with Crippen LogP contribution in [0, 0.1) is 24.0 Å². The van der Waals surface area contributed by atoms with Crippen LogP contribution in [0.3, 0.4) is 0 Å². The molecule has 0 aromatic heterocycles. The van der Waals surface area contributed by atoms with Crippen LogP contribution in [0.5, 0.6) is 0 Å². The molecule has 0 unspecified atom stereocenters. The molecular formula is C10H12N2O6S. The average Bonchev–Trinajstić information content (AvgIpc) is 2.19. The minimum absolute atomic E-state index is 0.00134. The second-order valence-electron chi connectivity index (χ2n) is 3.97. The predicted molar refractivity (Wildman–Crippen MR) is 67.6 cm³/mol. The van der Waals surface area contributed by atoms with E-state index >= 15 is 0 Å². The summed E-state index contributed by atoms with van der Waals surface area (Å²) in [5.74, 6) is -2.61. The third-order valence-electron chi connectivity index (χ3n) is 2.32. The maximum Gasteiger partial charge on any atom is 0.320 e. The van der Waals surface area contributed by atoms with Crippen LogP contribution in [-0.4, -0.2) is 30.2 Å². The van der Waals surface area contributed by atoms with Gasteiger partial charge >= 0.3 is 5.97 Å². The van der Waals surface area contributed by atoms with Gasteiger partial charge in [0.05, 0.1) is 10.6 Å². The zero-order chi connectivity index (χ0) is 14.8. The topological polar surface area (TPSA) is 127 Å². The van der Waals surface area contributed by atoms with E-state index in [9.17, 15) is 23.3 Å². The summed E-state index contributed by atoms with van der Waals surface area (Å²) in [5, 5.41) is 19.2. The smallest absolute Gasteiger partial charge is 0.320 e. The monoisotopic (exact) mass is 288 g/mol. The van der Waals surface area contributed by atoms with E-state index in [2.05, 4.69) is 0 Å². The predicted octanol–water partition coefficient (Wildman–Crippen LogP) is 1.04. The Morgan fingerprint density at radius 1 is 1.37 bits per heavy atom. The molecule has 0 aliphatic rings. The number of anilines is 1. The fraction of sp³-hybridized carbons (Fsp3) is 0.300. The molecule has 9 heteroatoms. The molecule has 1 aromatic rings. The third-order valence-corrected chi connectivity index (χ3v) is 3.48. The Labute approximate surface area is 109 Å². The van der Waals surface area contributed by atoms with Crippen molar-refractivity contribution in [2.45, 2.75) is 13.8 Å². The van der Waals surface area contributed by atoms with Crippen LogP contribution in [0.25, 0.3) is 0 Å². The molecule has 0 fully saturated rings. The first-order valence-electron chi connectivity index (χ1n) is 5.10. The molecule has 0 amide bonds. The Bertz CT molecular complexity index is 638. The first-order chi connectivity index (χ1) is 8.62. The fourth-order valence-corrected chi connectivity index (χ4v) is 2.47.